The number of hydrogen-bond donors (Lipinski definition) is 1. The Morgan fingerprint density at radius 3 is 2.57 bits per heavy atom. The van der Waals surface area contributed by atoms with E-state index in [4.69, 9.17) is 4.74 Å². The summed E-state index contributed by atoms with van der Waals surface area (Å²) in [6, 6.07) is 4.83. The molecule has 1 aromatic heterocycles. The van der Waals surface area contributed by atoms with Crippen molar-refractivity contribution in [2.45, 2.75) is 38.8 Å². The van der Waals surface area contributed by atoms with Gasteiger partial charge in [0.15, 0.2) is 0 Å². The zero-order valence-corrected chi connectivity index (χ0v) is 13.2. The van der Waals surface area contributed by atoms with Crippen molar-refractivity contribution in [2.75, 3.05) is 19.0 Å². The maximum Gasteiger partial charge on any atom is 0.451 e. The molecule has 0 fully saturated rings. The van der Waals surface area contributed by atoms with Crippen LogP contribution in [0.25, 0.3) is 10.9 Å². The highest BCUT2D eigenvalue weighted by Gasteiger charge is 2.35. The number of fused-ring (bicyclic) bond motifs is 1. The van der Waals surface area contributed by atoms with Gasteiger partial charge in [-0.2, -0.15) is 13.2 Å². The van der Waals surface area contributed by atoms with Crippen LogP contribution in [0.5, 0.6) is 5.75 Å². The fraction of sp³-hybridized carbons (Fsp3) is 0.500. The minimum absolute atomic E-state index is 0.210. The van der Waals surface area contributed by atoms with Crippen LogP contribution in [0.4, 0.5) is 19.0 Å². The lowest BCUT2D eigenvalue weighted by molar-refractivity contribution is -0.144. The summed E-state index contributed by atoms with van der Waals surface area (Å²) in [6.45, 7) is 2.68. The highest BCUT2D eigenvalue weighted by molar-refractivity contribution is 5.90. The first-order chi connectivity index (χ1) is 11.0. The Morgan fingerprint density at radius 1 is 1.13 bits per heavy atom. The summed E-state index contributed by atoms with van der Waals surface area (Å²) in [5.41, 5.74) is 0.211. The number of benzene rings is 1. The molecule has 0 amide bonds. The van der Waals surface area contributed by atoms with Crippen molar-refractivity contribution in [1.82, 2.24) is 9.97 Å². The van der Waals surface area contributed by atoms with E-state index in [0.717, 1.165) is 25.7 Å². The second-order valence-corrected chi connectivity index (χ2v) is 5.26. The van der Waals surface area contributed by atoms with Gasteiger partial charge in [-0.25, -0.2) is 9.97 Å². The zero-order chi connectivity index (χ0) is 16.9. The monoisotopic (exact) mass is 327 g/mol. The first kappa shape index (κ1) is 17.3. The Morgan fingerprint density at radius 2 is 1.91 bits per heavy atom. The van der Waals surface area contributed by atoms with Crippen LogP contribution in [0.15, 0.2) is 18.2 Å². The molecule has 1 heterocycles. The number of unbranched alkanes of at least 4 members (excludes halogenated alkanes) is 3. The summed E-state index contributed by atoms with van der Waals surface area (Å²) >= 11 is 0. The fourth-order valence-electron chi connectivity index (χ4n) is 2.26. The first-order valence-corrected chi connectivity index (χ1v) is 7.62. The highest BCUT2D eigenvalue weighted by atomic mass is 19.4. The minimum Gasteiger partial charge on any atom is -0.497 e. The van der Waals surface area contributed by atoms with Gasteiger partial charge in [0.2, 0.25) is 5.82 Å². The lowest BCUT2D eigenvalue weighted by Gasteiger charge is -2.13. The number of alkyl halides is 3. The zero-order valence-electron chi connectivity index (χ0n) is 13.2. The maximum atomic E-state index is 13.0. The molecule has 0 aliphatic rings. The molecule has 0 aliphatic heterocycles. The molecule has 2 rings (SSSR count). The maximum absolute atomic E-state index is 13.0. The number of aromatic nitrogens is 2. The van der Waals surface area contributed by atoms with Gasteiger partial charge >= 0.3 is 6.18 Å². The molecule has 1 aromatic carbocycles. The van der Waals surface area contributed by atoms with Crippen LogP contribution in [-0.2, 0) is 6.18 Å². The molecule has 0 saturated heterocycles. The molecule has 0 unspecified atom stereocenters. The van der Waals surface area contributed by atoms with E-state index in [0.29, 0.717) is 17.7 Å². The van der Waals surface area contributed by atoms with Gasteiger partial charge < -0.3 is 10.1 Å². The van der Waals surface area contributed by atoms with Crippen LogP contribution in [0.1, 0.15) is 38.4 Å². The summed E-state index contributed by atoms with van der Waals surface area (Å²) in [6.07, 6.45) is -0.454. The van der Waals surface area contributed by atoms with Crippen molar-refractivity contribution >= 4 is 16.7 Å². The van der Waals surface area contributed by atoms with Gasteiger partial charge in [0.05, 0.1) is 12.6 Å². The molecule has 2 aromatic rings. The summed E-state index contributed by atoms with van der Waals surface area (Å²) in [5, 5.41) is 3.55. The lowest BCUT2D eigenvalue weighted by Crippen LogP contribution is -2.14. The Bertz CT molecular complexity index is 659. The average molecular weight is 327 g/mol. The van der Waals surface area contributed by atoms with Crippen molar-refractivity contribution in [3.8, 4) is 5.75 Å². The number of halogens is 3. The molecule has 7 heteroatoms. The smallest absolute Gasteiger partial charge is 0.451 e. The van der Waals surface area contributed by atoms with Crippen LogP contribution < -0.4 is 10.1 Å². The van der Waals surface area contributed by atoms with Gasteiger partial charge in [0.25, 0.3) is 0 Å². The summed E-state index contributed by atoms with van der Waals surface area (Å²) in [7, 11) is 1.46. The van der Waals surface area contributed by atoms with Crippen LogP contribution >= 0.6 is 0 Å². The van der Waals surface area contributed by atoms with E-state index in [1.54, 1.807) is 12.1 Å². The standard InChI is InChI=1S/C16H20F3N3O/c1-3-4-5-6-9-20-14-12-8-7-11(23-2)10-13(12)21-15(22-14)16(17,18)19/h7-8,10H,3-6,9H2,1-2H3,(H,20,21,22). The van der Waals surface area contributed by atoms with Crippen molar-refractivity contribution in [3.05, 3.63) is 24.0 Å². The van der Waals surface area contributed by atoms with Gasteiger partial charge in [0, 0.05) is 18.0 Å². The van der Waals surface area contributed by atoms with E-state index in [9.17, 15) is 13.2 Å². The SMILES string of the molecule is CCCCCCNc1nc(C(F)(F)F)nc2cc(OC)ccc12. The van der Waals surface area contributed by atoms with E-state index < -0.39 is 12.0 Å². The van der Waals surface area contributed by atoms with Crippen molar-refractivity contribution in [1.29, 1.82) is 0 Å². The number of ether oxygens (including phenoxy) is 1. The van der Waals surface area contributed by atoms with Gasteiger partial charge in [-0.1, -0.05) is 26.2 Å². The number of nitrogens with one attached hydrogen (secondary N) is 1. The van der Waals surface area contributed by atoms with E-state index in [1.165, 1.54) is 13.2 Å². The second-order valence-electron chi connectivity index (χ2n) is 5.26. The van der Waals surface area contributed by atoms with Crippen LogP contribution in [0.3, 0.4) is 0 Å². The first-order valence-electron chi connectivity index (χ1n) is 7.62. The predicted molar refractivity (Wildman–Crippen MR) is 83.7 cm³/mol. The van der Waals surface area contributed by atoms with Crippen LogP contribution in [-0.4, -0.2) is 23.6 Å². The molecule has 0 aliphatic carbocycles. The summed E-state index contributed by atoms with van der Waals surface area (Å²) in [5.74, 6) is -0.478. The van der Waals surface area contributed by atoms with E-state index in [-0.39, 0.29) is 11.3 Å². The third kappa shape index (κ3) is 4.46. The molecule has 0 saturated carbocycles. The molecule has 0 atom stereocenters. The van der Waals surface area contributed by atoms with Gasteiger partial charge in [-0.05, 0) is 18.6 Å². The normalized spacial score (nSPS) is 11.7. The number of rotatable bonds is 7. The van der Waals surface area contributed by atoms with Crippen molar-refractivity contribution < 1.29 is 17.9 Å². The molecular formula is C16H20F3N3O. The topological polar surface area (TPSA) is 47.0 Å². The van der Waals surface area contributed by atoms with Gasteiger partial charge in [0.1, 0.15) is 11.6 Å². The fourth-order valence-corrected chi connectivity index (χ4v) is 2.26. The van der Waals surface area contributed by atoms with Crippen molar-refractivity contribution in [2.24, 2.45) is 0 Å². The third-order valence-electron chi connectivity index (χ3n) is 3.48. The highest BCUT2D eigenvalue weighted by Crippen LogP contribution is 2.31. The molecular weight excluding hydrogens is 307 g/mol. The molecule has 1 N–H and O–H groups in total. The number of hydrogen-bond acceptors (Lipinski definition) is 4. The molecule has 23 heavy (non-hydrogen) atoms. The van der Waals surface area contributed by atoms with Crippen LogP contribution in [0, 0.1) is 0 Å². The Kier molecular flexibility index (Phi) is 5.63. The van der Waals surface area contributed by atoms with E-state index >= 15 is 0 Å². The number of nitrogens with zero attached hydrogens (tertiary/aromatic N) is 2. The van der Waals surface area contributed by atoms with E-state index in [1.807, 2.05) is 0 Å². The predicted octanol–water partition coefficient (Wildman–Crippen LogP) is 4.65. The number of anilines is 1. The summed E-state index contributed by atoms with van der Waals surface area (Å²) in [4.78, 5) is 7.27. The summed E-state index contributed by atoms with van der Waals surface area (Å²) < 4.78 is 44.0. The quantitative estimate of drug-likeness (QED) is 0.752. The third-order valence-corrected chi connectivity index (χ3v) is 3.48. The van der Waals surface area contributed by atoms with E-state index in [2.05, 4.69) is 22.2 Å². The molecule has 0 bridgehead atoms. The molecule has 126 valence electrons. The minimum atomic E-state index is -4.59. The Labute approximate surface area is 133 Å². The number of methoxy groups -OCH3 is 1. The van der Waals surface area contributed by atoms with Crippen LogP contribution in [0.2, 0.25) is 0 Å². The molecule has 0 spiro atoms. The molecule has 4 nitrogen and oxygen atoms in total. The lowest BCUT2D eigenvalue weighted by atomic mass is 10.2. The molecule has 0 radical (unpaired) electrons. The average Bonchev–Trinajstić information content (AvgIpc) is 2.52. The Hall–Kier alpha value is -2.05. The van der Waals surface area contributed by atoms with Gasteiger partial charge in [-0.15, -0.1) is 0 Å². The van der Waals surface area contributed by atoms with Crippen molar-refractivity contribution in [3.63, 3.8) is 0 Å². The largest absolute Gasteiger partial charge is 0.497 e. The second kappa shape index (κ2) is 7.48. The van der Waals surface area contributed by atoms with Gasteiger partial charge in [-0.3, -0.25) is 0 Å². The Balaban J connectivity index is 2.32.